The highest BCUT2D eigenvalue weighted by molar-refractivity contribution is 7.09. The van der Waals surface area contributed by atoms with Crippen molar-refractivity contribution in [2.24, 2.45) is 0 Å². The molecule has 0 aliphatic carbocycles. The Hall–Kier alpha value is -1.77. The van der Waals surface area contributed by atoms with Crippen molar-refractivity contribution in [2.45, 2.75) is 6.42 Å². The van der Waals surface area contributed by atoms with Crippen molar-refractivity contribution in [3.05, 3.63) is 5.82 Å². The Kier molecular flexibility index (Phi) is 2.49. The van der Waals surface area contributed by atoms with Gasteiger partial charge in [0.05, 0.1) is 0 Å². The van der Waals surface area contributed by atoms with E-state index in [9.17, 15) is 0 Å². The van der Waals surface area contributed by atoms with Gasteiger partial charge >= 0.3 is 0 Å². The number of aromatic nitrogens is 6. The van der Waals surface area contributed by atoms with Crippen LogP contribution < -0.4 is 11.1 Å². The number of nitrogens with one attached hydrogen (secondary N) is 2. The SMILES string of the molecule is Nc1nsc(NCCc2nn[nH]n2)n1. The minimum atomic E-state index is 0.289. The van der Waals surface area contributed by atoms with Crippen LogP contribution >= 0.6 is 11.5 Å². The molecule has 0 atom stereocenters. The van der Waals surface area contributed by atoms with Gasteiger partial charge in [-0.15, -0.1) is 10.2 Å². The molecule has 0 bridgehead atoms. The summed E-state index contributed by atoms with van der Waals surface area (Å²) >= 11 is 1.23. The molecule has 0 saturated heterocycles. The van der Waals surface area contributed by atoms with E-state index in [4.69, 9.17) is 5.73 Å². The van der Waals surface area contributed by atoms with E-state index in [0.29, 0.717) is 23.9 Å². The largest absolute Gasteiger partial charge is 0.367 e. The van der Waals surface area contributed by atoms with Crippen molar-refractivity contribution in [1.82, 2.24) is 30.0 Å². The number of nitrogen functional groups attached to an aromatic ring is 1. The van der Waals surface area contributed by atoms with Crippen molar-refractivity contribution >= 4 is 22.6 Å². The van der Waals surface area contributed by atoms with Crippen LogP contribution in [-0.4, -0.2) is 36.5 Å². The molecule has 2 aromatic heterocycles. The second kappa shape index (κ2) is 3.96. The fourth-order valence-corrected chi connectivity index (χ4v) is 1.40. The van der Waals surface area contributed by atoms with E-state index in [1.165, 1.54) is 11.5 Å². The predicted octanol–water partition coefficient (Wildman–Crippen LogP) is -0.712. The number of hydrogen-bond acceptors (Lipinski definition) is 8. The molecule has 74 valence electrons. The predicted molar refractivity (Wildman–Crippen MR) is 50.7 cm³/mol. The first-order valence-electron chi connectivity index (χ1n) is 3.90. The van der Waals surface area contributed by atoms with Crippen molar-refractivity contribution in [3.8, 4) is 0 Å². The number of aromatic amines is 1. The monoisotopic (exact) mass is 212 g/mol. The molecule has 2 aromatic rings. The molecule has 2 rings (SSSR count). The minimum absolute atomic E-state index is 0.289. The summed E-state index contributed by atoms with van der Waals surface area (Å²) in [6, 6.07) is 0. The molecule has 0 saturated carbocycles. The molecule has 0 fully saturated rings. The highest BCUT2D eigenvalue weighted by Gasteiger charge is 2.01. The van der Waals surface area contributed by atoms with Gasteiger partial charge in [0.15, 0.2) is 5.82 Å². The van der Waals surface area contributed by atoms with Crippen LogP contribution in [0.2, 0.25) is 0 Å². The Morgan fingerprint density at radius 1 is 1.50 bits per heavy atom. The summed E-state index contributed by atoms with van der Waals surface area (Å²) in [5.74, 6) is 0.951. The molecular formula is C5H8N8S. The van der Waals surface area contributed by atoms with Crippen LogP contribution in [0.5, 0.6) is 0 Å². The zero-order chi connectivity index (χ0) is 9.80. The van der Waals surface area contributed by atoms with Gasteiger partial charge in [0.25, 0.3) is 0 Å². The lowest BCUT2D eigenvalue weighted by Crippen LogP contribution is -2.05. The van der Waals surface area contributed by atoms with Gasteiger partial charge in [-0.3, -0.25) is 0 Å². The quantitative estimate of drug-likeness (QED) is 0.612. The molecule has 0 unspecified atom stereocenters. The first-order valence-corrected chi connectivity index (χ1v) is 4.67. The Labute approximate surface area is 83.1 Å². The lowest BCUT2D eigenvalue weighted by molar-refractivity contribution is 0.881. The summed E-state index contributed by atoms with van der Waals surface area (Å²) in [6.07, 6.45) is 0.677. The van der Waals surface area contributed by atoms with Crippen LogP contribution in [0.3, 0.4) is 0 Å². The second-order valence-corrected chi connectivity index (χ2v) is 3.21. The van der Waals surface area contributed by atoms with Gasteiger partial charge in [-0.25, -0.2) is 0 Å². The fraction of sp³-hybridized carbons (Fsp3) is 0.400. The molecule has 9 heteroatoms. The van der Waals surface area contributed by atoms with Crippen LogP contribution in [0.25, 0.3) is 0 Å². The molecule has 0 radical (unpaired) electrons. The zero-order valence-electron chi connectivity index (χ0n) is 7.14. The van der Waals surface area contributed by atoms with Crippen molar-refractivity contribution < 1.29 is 0 Å². The summed E-state index contributed by atoms with van der Waals surface area (Å²) in [5.41, 5.74) is 5.35. The van der Waals surface area contributed by atoms with Crippen molar-refractivity contribution in [3.63, 3.8) is 0 Å². The van der Waals surface area contributed by atoms with Crippen LogP contribution in [0, 0.1) is 0 Å². The average Bonchev–Trinajstić information content (AvgIpc) is 2.77. The third kappa shape index (κ3) is 2.13. The Bertz CT molecular complexity index is 380. The van der Waals surface area contributed by atoms with E-state index in [2.05, 4.69) is 35.3 Å². The molecule has 0 amide bonds. The minimum Gasteiger partial charge on any atom is -0.367 e. The van der Waals surface area contributed by atoms with Gasteiger partial charge < -0.3 is 11.1 Å². The summed E-state index contributed by atoms with van der Waals surface area (Å²) in [7, 11) is 0. The summed E-state index contributed by atoms with van der Waals surface area (Å²) in [5, 5.41) is 17.2. The summed E-state index contributed by atoms with van der Waals surface area (Å²) in [4.78, 5) is 3.94. The van der Waals surface area contributed by atoms with Gasteiger partial charge in [0.2, 0.25) is 11.1 Å². The first-order chi connectivity index (χ1) is 6.84. The number of anilines is 2. The molecule has 8 nitrogen and oxygen atoms in total. The van der Waals surface area contributed by atoms with E-state index in [1.807, 2.05) is 0 Å². The van der Waals surface area contributed by atoms with Gasteiger partial charge in [-0.1, -0.05) is 5.21 Å². The number of nitrogens with zero attached hydrogens (tertiary/aromatic N) is 5. The maximum absolute atomic E-state index is 5.35. The highest BCUT2D eigenvalue weighted by atomic mass is 32.1. The smallest absolute Gasteiger partial charge is 0.233 e. The molecule has 14 heavy (non-hydrogen) atoms. The van der Waals surface area contributed by atoms with Gasteiger partial charge in [-0.05, 0) is 0 Å². The number of hydrogen-bond donors (Lipinski definition) is 3. The van der Waals surface area contributed by atoms with Crippen molar-refractivity contribution in [1.29, 1.82) is 0 Å². The maximum Gasteiger partial charge on any atom is 0.233 e. The van der Waals surface area contributed by atoms with E-state index in [1.54, 1.807) is 0 Å². The lowest BCUT2D eigenvalue weighted by Gasteiger charge is -1.96. The molecule has 0 aliphatic rings. The number of H-pyrrole nitrogens is 1. The average molecular weight is 212 g/mol. The van der Waals surface area contributed by atoms with Gasteiger partial charge in [0, 0.05) is 24.5 Å². The molecule has 4 N–H and O–H groups in total. The third-order valence-corrected chi connectivity index (χ3v) is 2.14. The van der Waals surface area contributed by atoms with Crippen LogP contribution in [-0.2, 0) is 6.42 Å². The Morgan fingerprint density at radius 2 is 2.43 bits per heavy atom. The van der Waals surface area contributed by atoms with Crippen molar-refractivity contribution in [2.75, 3.05) is 17.6 Å². The van der Waals surface area contributed by atoms with Crippen LogP contribution in [0.4, 0.5) is 11.1 Å². The zero-order valence-corrected chi connectivity index (χ0v) is 7.95. The molecule has 0 spiro atoms. The standard InChI is InChI=1S/C5H8N8S/c6-4-8-5(14-11-4)7-2-1-3-9-12-13-10-3/h1-2H2,(H3,6,7,8,11)(H,9,10,12,13). The lowest BCUT2D eigenvalue weighted by atomic mass is 10.4. The highest BCUT2D eigenvalue weighted by Crippen LogP contribution is 2.10. The number of nitrogens with two attached hydrogens (primary N) is 1. The Balaban J connectivity index is 1.78. The Morgan fingerprint density at radius 3 is 3.07 bits per heavy atom. The normalized spacial score (nSPS) is 10.3. The van der Waals surface area contributed by atoms with Crippen LogP contribution in [0.1, 0.15) is 5.82 Å². The first kappa shape index (κ1) is 8.81. The van der Waals surface area contributed by atoms with Gasteiger partial charge in [-0.2, -0.15) is 14.6 Å². The van der Waals surface area contributed by atoms with E-state index in [-0.39, 0.29) is 5.95 Å². The van der Waals surface area contributed by atoms with E-state index < -0.39 is 0 Å². The summed E-state index contributed by atoms with van der Waals surface area (Å²) in [6.45, 7) is 0.675. The van der Waals surface area contributed by atoms with Crippen LogP contribution in [0.15, 0.2) is 0 Å². The molecular weight excluding hydrogens is 204 g/mol. The van der Waals surface area contributed by atoms with Gasteiger partial charge in [0.1, 0.15) is 0 Å². The van der Waals surface area contributed by atoms with E-state index in [0.717, 1.165) is 0 Å². The molecule has 0 aromatic carbocycles. The molecule has 2 heterocycles. The fourth-order valence-electron chi connectivity index (χ4n) is 0.876. The maximum atomic E-state index is 5.35. The number of tetrazole rings is 1. The number of rotatable bonds is 4. The topological polar surface area (TPSA) is 118 Å². The molecule has 0 aliphatic heterocycles. The van der Waals surface area contributed by atoms with E-state index >= 15 is 0 Å². The summed E-state index contributed by atoms with van der Waals surface area (Å²) < 4.78 is 3.83. The second-order valence-electron chi connectivity index (χ2n) is 2.46. The third-order valence-electron chi connectivity index (χ3n) is 1.46.